The van der Waals surface area contributed by atoms with E-state index in [2.05, 4.69) is 27.0 Å². The van der Waals surface area contributed by atoms with Crippen molar-refractivity contribution >= 4 is 11.9 Å². The molecular weight excluding hydrogens is 516 g/mol. The molecule has 218 valence electrons. The lowest BCUT2D eigenvalue weighted by molar-refractivity contribution is -0.141. The van der Waals surface area contributed by atoms with E-state index in [1.54, 1.807) is 0 Å². The van der Waals surface area contributed by atoms with Gasteiger partial charge in [-0.2, -0.15) is 0 Å². The molecule has 2 saturated carbocycles. The third kappa shape index (κ3) is 6.37. The number of rotatable bonds is 10. The Kier molecular flexibility index (Phi) is 8.86. The summed E-state index contributed by atoms with van der Waals surface area (Å²) in [5, 5.41) is 0. The molecule has 0 aromatic heterocycles. The highest BCUT2D eigenvalue weighted by Gasteiger charge is 2.37. The molecule has 0 saturated heterocycles. The van der Waals surface area contributed by atoms with Crippen LogP contribution in [0.2, 0.25) is 0 Å². The molecule has 41 heavy (non-hydrogen) atoms. The molecule has 0 bridgehead atoms. The molecule has 0 atom stereocenters. The fraction of sp³-hybridized carbons (Fsp3) is 0.486. The largest absolute Gasteiger partial charge is 0.502 e. The summed E-state index contributed by atoms with van der Waals surface area (Å²) in [5.41, 5.74) is 4.11. The number of ether oxygens (including phenoxy) is 4. The fourth-order valence-corrected chi connectivity index (χ4v) is 6.76. The molecular formula is C35H42O6. The number of benzene rings is 2. The van der Waals surface area contributed by atoms with Gasteiger partial charge in [0.05, 0.1) is 37.6 Å². The maximum atomic E-state index is 13.0. The first-order chi connectivity index (χ1) is 19.8. The van der Waals surface area contributed by atoms with E-state index in [9.17, 15) is 9.59 Å². The van der Waals surface area contributed by atoms with E-state index in [1.165, 1.54) is 12.5 Å². The molecule has 0 unspecified atom stereocenters. The van der Waals surface area contributed by atoms with Gasteiger partial charge in [0.15, 0.2) is 0 Å². The molecule has 2 aromatic rings. The van der Waals surface area contributed by atoms with E-state index in [0.29, 0.717) is 36.5 Å². The second kappa shape index (κ2) is 12.5. The number of esters is 2. The zero-order valence-electron chi connectivity index (χ0n) is 24.4. The van der Waals surface area contributed by atoms with Crippen LogP contribution in [0.25, 0.3) is 11.1 Å². The first kappa shape index (κ1) is 29.0. The highest BCUT2D eigenvalue weighted by Crippen LogP contribution is 2.50. The average Bonchev–Trinajstić information content (AvgIpc) is 3.21. The molecule has 3 aliphatic rings. The van der Waals surface area contributed by atoms with Crippen molar-refractivity contribution in [2.45, 2.75) is 70.6 Å². The summed E-state index contributed by atoms with van der Waals surface area (Å²) in [6.45, 7) is 12.9. The van der Waals surface area contributed by atoms with Crippen LogP contribution in [0.5, 0.6) is 11.5 Å². The SMILES string of the molecule is C=COCC1CCC(C(=O)Oc2ccc3c(c2)C(C)(C)c2cc(OC(=O)C4CCC(COC=C)CC4)ccc2-3)CC1. The molecule has 0 radical (unpaired) electrons. The van der Waals surface area contributed by atoms with Gasteiger partial charge in [0.2, 0.25) is 0 Å². The zero-order valence-corrected chi connectivity index (χ0v) is 24.4. The topological polar surface area (TPSA) is 71.1 Å². The summed E-state index contributed by atoms with van der Waals surface area (Å²) in [6.07, 6.45) is 10.1. The Morgan fingerprint density at radius 2 is 1.10 bits per heavy atom. The molecule has 2 aromatic carbocycles. The third-order valence-corrected chi connectivity index (χ3v) is 9.32. The van der Waals surface area contributed by atoms with Crippen molar-refractivity contribution in [3.8, 4) is 22.6 Å². The Bertz CT molecular complexity index is 1180. The van der Waals surface area contributed by atoms with E-state index in [1.807, 2.05) is 36.4 Å². The van der Waals surface area contributed by atoms with E-state index in [4.69, 9.17) is 18.9 Å². The van der Waals surface area contributed by atoms with Crippen LogP contribution in [-0.2, 0) is 24.5 Å². The highest BCUT2D eigenvalue weighted by atomic mass is 16.5. The molecule has 3 aliphatic carbocycles. The normalized spacial score (nSPS) is 24.3. The molecule has 0 spiro atoms. The number of hydrogen-bond donors (Lipinski definition) is 0. The number of hydrogen-bond acceptors (Lipinski definition) is 6. The van der Waals surface area contributed by atoms with Gasteiger partial charge in [-0.05, 0) is 110 Å². The van der Waals surface area contributed by atoms with Crippen LogP contribution < -0.4 is 9.47 Å². The Morgan fingerprint density at radius 3 is 1.46 bits per heavy atom. The van der Waals surface area contributed by atoms with Crippen LogP contribution in [0.1, 0.15) is 76.3 Å². The number of carbonyl (C=O) groups excluding carboxylic acids is 2. The first-order valence-corrected chi connectivity index (χ1v) is 15.0. The van der Waals surface area contributed by atoms with Crippen molar-refractivity contribution in [2.75, 3.05) is 13.2 Å². The summed E-state index contributed by atoms with van der Waals surface area (Å²) in [4.78, 5) is 26.0. The summed E-state index contributed by atoms with van der Waals surface area (Å²) in [5.74, 6) is 1.62. The summed E-state index contributed by atoms with van der Waals surface area (Å²) >= 11 is 0. The van der Waals surface area contributed by atoms with Crippen LogP contribution in [0, 0.1) is 23.7 Å². The minimum absolute atomic E-state index is 0.0822. The van der Waals surface area contributed by atoms with Crippen molar-refractivity contribution in [1.29, 1.82) is 0 Å². The minimum atomic E-state index is -0.331. The van der Waals surface area contributed by atoms with Gasteiger partial charge in [-0.1, -0.05) is 39.1 Å². The maximum Gasteiger partial charge on any atom is 0.314 e. The summed E-state index contributed by atoms with van der Waals surface area (Å²) < 4.78 is 22.5. The van der Waals surface area contributed by atoms with E-state index in [0.717, 1.165) is 73.6 Å². The molecule has 0 N–H and O–H groups in total. The van der Waals surface area contributed by atoms with Crippen molar-refractivity contribution in [2.24, 2.45) is 23.7 Å². The van der Waals surface area contributed by atoms with Gasteiger partial charge in [0.25, 0.3) is 0 Å². The van der Waals surface area contributed by atoms with Crippen LogP contribution in [0.3, 0.4) is 0 Å². The molecule has 2 fully saturated rings. The highest BCUT2D eigenvalue weighted by molar-refractivity contribution is 5.83. The third-order valence-electron chi connectivity index (χ3n) is 9.32. The lowest BCUT2D eigenvalue weighted by Gasteiger charge is -2.27. The van der Waals surface area contributed by atoms with Gasteiger partial charge >= 0.3 is 11.9 Å². The van der Waals surface area contributed by atoms with Gasteiger partial charge in [-0.15, -0.1) is 0 Å². The second-order valence-electron chi connectivity index (χ2n) is 12.3. The van der Waals surface area contributed by atoms with Crippen LogP contribution in [0.4, 0.5) is 0 Å². The van der Waals surface area contributed by atoms with Crippen molar-refractivity contribution < 1.29 is 28.5 Å². The van der Waals surface area contributed by atoms with Crippen molar-refractivity contribution in [1.82, 2.24) is 0 Å². The molecule has 0 heterocycles. The Hall–Kier alpha value is -3.54. The predicted octanol–water partition coefficient (Wildman–Crippen LogP) is 7.74. The van der Waals surface area contributed by atoms with Gasteiger partial charge in [-0.3, -0.25) is 9.59 Å². The fourth-order valence-electron chi connectivity index (χ4n) is 6.76. The van der Waals surface area contributed by atoms with Crippen LogP contribution >= 0.6 is 0 Å². The van der Waals surface area contributed by atoms with Gasteiger partial charge in [0, 0.05) is 5.41 Å². The summed E-state index contributed by atoms with van der Waals surface area (Å²) in [6, 6.07) is 11.8. The zero-order chi connectivity index (χ0) is 29.0. The van der Waals surface area contributed by atoms with E-state index < -0.39 is 0 Å². The molecule has 6 nitrogen and oxygen atoms in total. The molecule has 5 rings (SSSR count). The standard InChI is InChI=1S/C35H42O6/c1-5-38-21-23-7-11-25(12-8-23)33(36)40-27-15-17-29-30-18-16-28(20-32(30)35(3,4)31(29)19-27)41-34(37)26-13-9-24(10-14-26)22-39-6-2/h5-6,15-20,23-26H,1-2,7-14,21-22H2,3-4H3. The number of carbonyl (C=O) groups is 2. The first-order valence-electron chi connectivity index (χ1n) is 15.0. The Balaban J connectivity index is 1.21. The molecule has 6 heteroatoms. The maximum absolute atomic E-state index is 13.0. The number of fused-ring (bicyclic) bond motifs is 3. The predicted molar refractivity (Wildman–Crippen MR) is 158 cm³/mol. The van der Waals surface area contributed by atoms with Crippen molar-refractivity contribution in [3.63, 3.8) is 0 Å². The Morgan fingerprint density at radius 1 is 0.707 bits per heavy atom. The molecule has 0 aliphatic heterocycles. The lowest BCUT2D eigenvalue weighted by atomic mass is 9.82. The lowest BCUT2D eigenvalue weighted by Crippen LogP contribution is -2.27. The van der Waals surface area contributed by atoms with Gasteiger partial charge in [-0.25, -0.2) is 0 Å². The van der Waals surface area contributed by atoms with Gasteiger partial charge in [0.1, 0.15) is 11.5 Å². The second-order valence-corrected chi connectivity index (χ2v) is 12.3. The van der Waals surface area contributed by atoms with E-state index in [-0.39, 0.29) is 29.2 Å². The molecule has 0 amide bonds. The van der Waals surface area contributed by atoms with Gasteiger partial charge < -0.3 is 18.9 Å². The van der Waals surface area contributed by atoms with Crippen LogP contribution in [0.15, 0.2) is 62.1 Å². The average molecular weight is 559 g/mol. The summed E-state index contributed by atoms with van der Waals surface area (Å²) in [7, 11) is 0. The monoisotopic (exact) mass is 558 g/mol. The smallest absolute Gasteiger partial charge is 0.314 e. The van der Waals surface area contributed by atoms with Crippen LogP contribution in [-0.4, -0.2) is 25.2 Å². The van der Waals surface area contributed by atoms with E-state index >= 15 is 0 Å². The minimum Gasteiger partial charge on any atom is -0.502 e. The quantitative estimate of drug-likeness (QED) is 0.169. The van der Waals surface area contributed by atoms with Crippen molar-refractivity contribution in [3.05, 3.63) is 73.2 Å². The Labute approximate surface area is 243 Å².